The normalized spacial score (nSPS) is 22.4. The van der Waals surface area contributed by atoms with E-state index in [9.17, 15) is 13.6 Å². The fraction of sp³-hybridized carbons (Fsp3) is 0.560. The van der Waals surface area contributed by atoms with Crippen LogP contribution in [-0.4, -0.2) is 44.0 Å². The molecule has 1 aliphatic carbocycles. The smallest absolute Gasteiger partial charge is 0.250 e. The van der Waals surface area contributed by atoms with Gasteiger partial charge in [-0.25, -0.2) is 8.78 Å². The van der Waals surface area contributed by atoms with Gasteiger partial charge in [0.2, 0.25) is 11.8 Å². The van der Waals surface area contributed by atoms with Crippen LogP contribution >= 0.6 is 0 Å². The minimum absolute atomic E-state index is 0.0480. The van der Waals surface area contributed by atoms with Gasteiger partial charge < -0.3 is 10.1 Å². The Kier molecular flexibility index (Phi) is 6.64. The minimum atomic E-state index is -2.62. The molecule has 0 bridgehead atoms. The third kappa shape index (κ3) is 4.65. The van der Waals surface area contributed by atoms with Gasteiger partial charge in [-0.3, -0.25) is 14.2 Å². The first-order valence-electron chi connectivity index (χ1n) is 12.0. The molecule has 9 heteroatoms. The second-order valence-electron chi connectivity index (χ2n) is 9.13. The summed E-state index contributed by atoms with van der Waals surface area (Å²) in [7, 11) is 1.89. The predicted molar refractivity (Wildman–Crippen MR) is 127 cm³/mol. The van der Waals surface area contributed by atoms with Crippen LogP contribution in [0.2, 0.25) is 0 Å². The summed E-state index contributed by atoms with van der Waals surface area (Å²) in [6, 6.07) is 3.65. The molecule has 5 rings (SSSR count). The van der Waals surface area contributed by atoms with Gasteiger partial charge in [-0.15, -0.1) is 0 Å². The Morgan fingerprint density at radius 3 is 2.68 bits per heavy atom. The third-order valence-electron chi connectivity index (χ3n) is 6.86. The van der Waals surface area contributed by atoms with Crippen LogP contribution in [0, 0.1) is 12.8 Å². The quantitative estimate of drug-likeness (QED) is 0.564. The summed E-state index contributed by atoms with van der Waals surface area (Å²) in [6.07, 6.45) is 3.99. The van der Waals surface area contributed by atoms with Crippen LogP contribution in [0.25, 0.3) is 22.0 Å². The van der Waals surface area contributed by atoms with Crippen LogP contribution in [-0.2, 0) is 11.8 Å². The van der Waals surface area contributed by atoms with Gasteiger partial charge in [0.15, 0.2) is 0 Å². The van der Waals surface area contributed by atoms with E-state index in [1.54, 1.807) is 10.9 Å². The van der Waals surface area contributed by atoms with Crippen LogP contribution in [0.4, 0.5) is 8.78 Å². The Morgan fingerprint density at radius 1 is 1.26 bits per heavy atom. The molecule has 3 atom stereocenters. The van der Waals surface area contributed by atoms with Crippen molar-refractivity contribution >= 4 is 16.8 Å². The highest BCUT2D eigenvalue weighted by molar-refractivity contribution is 5.92. The zero-order valence-corrected chi connectivity index (χ0v) is 20.4. The first-order valence-corrected chi connectivity index (χ1v) is 12.0. The van der Waals surface area contributed by atoms with Gasteiger partial charge in [0, 0.05) is 56.2 Å². The Bertz CT molecular complexity index is 1190. The van der Waals surface area contributed by atoms with Crippen LogP contribution in [0.15, 0.2) is 24.5 Å². The van der Waals surface area contributed by atoms with Crippen molar-refractivity contribution in [1.29, 1.82) is 0 Å². The Morgan fingerprint density at radius 2 is 2.03 bits per heavy atom. The SMILES string of the molecule is CC.Cc1c2c(O[C@H](C)[C@H]3CNC(=O)C3)cc(-c3cnn(C4CCC(F)(F)C4)c3)cc2nn1C. The number of ether oxygens (including phenoxy) is 1. The maximum absolute atomic E-state index is 13.7. The molecular formula is C25H33F2N5O2. The van der Waals surface area contributed by atoms with E-state index in [2.05, 4.69) is 15.5 Å². The number of nitrogens with one attached hydrogen (secondary N) is 1. The number of benzene rings is 1. The average molecular weight is 474 g/mol. The molecule has 1 amide bonds. The van der Waals surface area contributed by atoms with Crippen molar-refractivity contribution in [1.82, 2.24) is 24.9 Å². The molecule has 1 saturated carbocycles. The lowest BCUT2D eigenvalue weighted by Gasteiger charge is -2.20. The number of nitrogens with zero attached hydrogens (tertiary/aromatic N) is 4. The van der Waals surface area contributed by atoms with Gasteiger partial charge in [-0.05, 0) is 38.0 Å². The minimum Gasteiger partial charge on any atom is -0.490 e. The third-order valence-corrected chi connectivity index (χ3v) is 6.86. The van der Waals surface area contributed by atoms with Crippen molar-refractivity contribution in [2.24, 2.45) is 13.0 Å². The summed E-state index contributed by atoms with van der Waals surface area (Å²) >= 11 is 0. The molecule has 184 valence electrons. The summed E-state index contributed by atoms with van der Waals surface area (Å²) in [5.74, 6) is -1.76. The Hall–Kier alpha value is -2.97. The lowest BCUT2D eigenvalue weighted by Crippen LogP contribution is -2.25. The summed E-state index contributed by atoms with van der Waals surface area (Å²) < 4.78 is 37.2. The van der Waals surface area contributed by atoms with Crippen molar-refractivity contribution < 1.29 is 18.3 Å². The average Bonchev–Trinajstić information content (AvgIpc) is 3.57. The van der Waals surface area contributed by atoms with E-state index in [0.29, 0.717) is 25.1 Å². The summed E-state index contributed by atoms with van der Waals surface area (Å²) in [4.78, 5) is 11.6. The van der Waals surface area contributed by atoms with E-state index in [0.717, 1.165) is 27.7 Å². The molecular weight excluding hydrogens is 440 g/mol. The van der Waals surface area contributed by atoms with E-state index in [4.69, 9.17) is 4.74 Å². The van der Waals surface area contributed by atoms with Crippen molar-refractivity contribution in [3.63, 3.8) is 0 Å². The number of aryl methyl sites for hydroxylation is 2. The van der Waals surface area contributed by atoms with Crippen LogP contribution in [0.3, 0.4) is 0 Å². The summed E-state index contributed by atoms with van der Waals surface area (Å²) in [5, 5.41) is 12.8. The first kappa shape index (κ1) is 24.2. The fourth-order valence-corrected chi connectivity index (χ4v) is 4.80. The van der Waals surface area contributed by atoms with E-state index < -0.39 is 5.92 Å². The Labute approximate surface area is 198 Å². The van der Waals surface area contributed by atoms with Gasteiger partial charge in [0.25, 0.3) is 0 Å². The number of fused-ring (bicyclic) bond motifs is 1. The van der Waals surface area contributed by atoms with Crippen molar-refractivity contribution in [2.45, 2.75) is 71.4 Å². The Balaban J connectivity index is 0.00000133. The zero-order valence-electron chi connectivity index (χ0n) is 20.4. The molecule has 3 heterocycles. The van der Waals surface area contributed by atoms with E-state index in [1.807, 2.05) is 57.8 Å². The molecule has 2 fully saturated rings. The molecule has 2 aromatic heterocycles. The number of carbonyl (C=O) groups excluding carboxylic acids is 1. The number of alkyl halides is 2. The number of carbonyl (C=O) groups is 1. The summed E-state index contributed by atoms with van der Waals surface area (Å²) in [6.45, 7) is 8.58. The van der Waals surface area contributed by atoms with E-state index in [1.165, 1.54) is 0 Å². The number of halogens is 2. The van der Waals surface area contributed by atoms with Crippen LogP contribution in [0.1, 0.15) is 58.2 Å². The zero-order chi connectivity index (χ0) is 24.6. The topological polar surface area (TPSA) is 74.0 Å². The fourth-order valence-electron chi connectivity index (χ4n) is 4.80. The predicted octanol–water partition coefficient (Wildman–Crippen LogP) is 5.04. The molecule has 1 unspecified atom stereocenters. The molecule has 3 aromatic rings. The van der Waals surface area contributed by atoms with Crippen molar-refractivity contribution in [3.8, 4) is 16.9 Å². The summed E-state index contributed by atoms with van der Waals surface area (Å²) in [5.41, 5.74) is 3.48. The van der Waals surface area contributed by atoms with Gasteiger partial charge in [-0.1, -0.05) is 13.8 Å². The molecule has 1 aromatic carbocycles. The van der Waals surface area contributed by atoms with E-state index in [-0.39, 0.29) is 36.8 Å². The van der Waals surface area contributed by atoms with Crippen molar-refractivity contribution in [2.75, 3.05) is 6.54 Å². The molecule has 7 nitrogen and oxygen atoms in total. The molecule has 2 aliphatic rings. The largest absolute Gasteiger partial charge is 0.490 e. The number of aromatic nitrogens is 4. The second-order valence-corrected chi connectivity index (χ2v) is 9.13. The van der Waals surface area contributed by atoms with Gasteiger partial charge in [0.1, 0.15) is 11.9 Å². The van der Waals surface area contributed by atoms with Gasteiger partial charge >= 0.3 is 0 Å². The van der Waals surface area contributed by atoms with Crippen LogP contribution in [0.5, 0.6) is 5.75 Å². The number of rotatable bonds is 5. The lowest BCUT2D eigenvalue weighted by atomic mass is 10.0. The van der Waals surface area contributed by atoms with Gasteiger partial charge in [0.05, 0.1) is 23.1 Å². The second kappa shape index (κ2) is 9.35. The maximum atomic E-state index is 13.7. The number of amides is 1. The van der Waals surface area contributed by atoms with Crippen LogP contribution < -0.4 is 10.1 Å². The number of hydrogen-bond acceptors (Lipinski definition) is 4. The highest BCUT2D eigenvalue weighted by Crippen LogP contribution is 2.42. The van der Waals surface area contributed by atoms with E-state index >= 15 is 0 Å². The lowest BCUT2D eigenvalue weighted by molar-refractivity contribution is -0.119. The van der Waals surface area contributed by atoms with Crippen molar-refractivity contribution in [3.05, 3.63) is 30.2 Å². The molecule has 34 heavy (non-hydrogen) atoms. The monoisotopic (exact) mass is 473 g/mol. The van der Waals surface area contributed by atoms with Gasteiger partial charge in [-0.2, -0.15) is 10.2 Å². The molecule has 1 saturated heterocycles. The number of hydrogen-bond donors (Lipinski definition) is 1. The molecule has 0 spiro atoms. The maximum Gasteiger partial charge on any atom is 0.250 e. The first-order chi connectivity index (χ1) is 16.2. The molecule has 1 aliphatic heterocycles. The highest BCUT2D eigenvalue weighted by Gasteiger charge is 2.40. The standard InChI is InChI=1S/C23H27F2N5O2.C2H6/c1-13-22-19(28-29(13)3)6-15(7-20(22)32-14(2)16-8-21(31)26-10-16)17-11-27-30(12-17)18-4-5-23(24,25)9-18;1-2/h6-7,11-12,14,16,18H,4-5,8-10H2,1-3H3,(H,26,31);1-2H3/t14-,16-,18?;/m1./s1. The highest BCUT2D eigenvalue weighted by atomic mass is 19.3. The molecule has 1 N–H and O–H groups in total. The molecule has 0 radical (unpaired) electrons.